The molecule has 0 aliphatic rings. The first-order valence-electron chi connectivity index (χ1n) is 6.51. The molecule has 2 aromatic rings. The first kappa shape index (κ1) is 14.6. The van der Waals surface area contributed by atoms with Crippen LogP contribution in [0.15, 0.2) is 64.4 Å². The second kappa shape index (κ2) is 7.72. The van der Waals surface area contributed by atoms with E-state index in [2.05, 4.69) is 34.9 Å². The number of rotatable bonds is 6. The predicted octanol–water partition coefficient (Wildman–Crippen LogP) is 2.67. The van der Waals surface area contributed by atoms with Crippen molar-refractivity contribution in [1.82, 2.24) is 10.6 Å². The van der Waals surface area contributed by atoms with Crippen molar-refractivity contribution >= 4 is 17.7 Å². The molecule has 0 fully saturated rings. The molecule has 2 rings (SSSR count). The molecule has 0 aliphatic heterocycles. The minimum atomic E-state index is 0.00948. The minimum Gasteiger partial charge on any atom is -0.351 e. The van der Waals surface area contributed by atoms with Gasteiger partial charge in [-0.15, -0.1) is 0 Å². The molecule has 1 amide bonds. The normalized spacial score (nSPS) is 10.2. The average Bonchev–Trinajstić information content (AvgIpc) is 2.48. The van der Waals surface area contributed by atoms with E-state index in [0.29, 0.717) is 13.1 Å². The monoisotopic (exact) mass is 286 g/mol. The van der Waals surface area contributed by atoms with Gasteiger partial charge in [-0.3, -0.25) is 4.79 Å². The summed E-state index contributed by atoms with van der Waals surface area (Å²) < 4.78 is 0. The van der Waals surface area contributed by atoms with Crippen LogP contribution < -0.4 is 10.6 Å². The van der Waals surface area contributed by atoms with E-state index in [1.165, 1.54) is 9.79 Å². The molecule has 0 aromatic heterocycles. The van der Waals surface area contributed by atoms with Crippen molar-refractivity contribution in [3.63, 3.8) is 0 Å². The molecular weight excluding hydrogens is 268 g/mol. The summed E-state index contributed by atoms with van der Waals surface area (Å²) in [6.07, 6.45) is 0. The molecule has 0 atom stereocenters. The molecular formula is C16H18N2OS. The van der Waals surface area contributed by atoms with Crippen LogP contribution in [0.1, 0.15) is 5.56 Å². The third-order valence-electron chi connectivity index (χ3n) is 2.73. The van der Waals surface area contributed by atoms with Gasteiger partial charge < -0.3 is 10.6 Å². The van der Waals surface area contributed by atoms with Gasteiger partial charge in [-0.05, 0) is 36.9 Å². The molecule has 0 unspecified atom stereocenters. The first-order chi connectivity index (χ1) is 9.78. The number of benzene rings is 2. The van der Waals surface area contributed by atoms with Crippen LogP contribution in [-0.2, 0) is 11.3 Å². The van der Waals surface area contributed by atoms with E-state index >= 15 is 0 Å². The van der Waals surface area contributed by atoms with Gasteiger partial charge >= 0.3 is 0 Å². The Kier molecular flexibility index (Phi) is 5.65. The summed E-state index contributed by atoms with van der Waals surface area (Å²) in [5, 5.41) is 5.69. The number of nitrogens with one attached hydrogen (secondary N) is 2. The van der Waals surface area contributed by atoms with Crippen molar-refractivity contribution in [2.24, 2.45) is 0 Å². The highest BCUT2D eigenvalue weighted by Gasteiger charge is 2.00. The first-order valence-corrected chi connectivity index (χ1v) is 7.33. The lowest BCUT2D eigenvalue weighted by molar-refractivity contribution is -0.120. The van der Waals surface area contributed by atoms with E-state index in [1.807, 2.05) is 30.3 Å². The van der Waals surface area contributed by atoms with Crippen LogP contribution in [0.3, 0.4) is 0 Å². The van der Waals surface area contributed by atoms with Gasteiger partial charge in [0.2, 0.25) is 5.91 Å². The molecule has 0 saturated heterocycles. The summed E-state index contributed by atoms with van der Waals surface area (Å²) in [7, 11) is 1.76. The van der Waals surface area contributed by atoms with Crippen molar-refractivity contribution in [1.29, 1.82) is 0 Å². The van der Waals surface area contributed by atoms with Crippen molar-refractivity contribution < 1.29 is 4.79 Å². The summed E-state index contributed by atoms with van der Waals surface area (Å²) in [5.41, 5.74) is 1.10. The Labute approximate surface area is 123 Å². The molecule has 104 valence electrons. The zero-order valence-electron chi connectivity index (χ0n) is 11.4. The van der Waals surface area contributed by atoms with Gasteiger partial charge in [0, 0.05) is 16.3 Å². The maximum absolute atomic E-state index is 11.3. The van der Waals surface area contributed by atoms with Gasteiger partial charge in [0.15, 0.2) is 0 Å². The van der Waals surface area contributed by atoms with Crippen LogP contribution in [-0.4, -0.2) is 19.5 Å². The molecule has 0 spiro atoms. The third-order valence-corrected chi connectivity index (χ3v) is 3.75. The summed E-state index contributed by atoms with van der Waals surface area (Å²) in [5.74, 6) is 0.00948. The minimum absolute atomic E-state index is 0.00948. The quantitative estimate of drug-likeness (QED) is 0.858. The Morgan fingerprint density at radius 1 is 1.00 bits per heavy atom. The molecule has 20 heavy (non-hydrogen) atoms. The highest BCUT2D eigenvalue weighted by molar-refractivity contribution is 7.99. The van der Waals surface area contributed by atoms with E-state index in [9.17, 15) is 4.79 Å². The second-order valence-electron chi connectivity index (χ2n) is 4.37. The number of carbonyl (C=O) groups is 1. The standard InChI is InChI=1S/C16H18N2OS/c1-17-12-16(19)18-11-13-7-9-15(10-8-13)20-14-5-3-2-4-6-14/h2-10,17H,11-12H2,1H3,(H,18,19). The highest BCUT2D eigenvalue weighted by Crippen LogP contribution is 2.27. The molecule has 4 heteroatoms. The van der Waals surface area contributed by atoms with Crippen LogP contribution in [0.25, 0.3) is 0 Å². The van der Waals surface area contributed by atoms with E-state index in [-0.39, 0.29) is 5.91 Å². The largest absolute Gasteiger partial charge is 0.351 e. The predicted molar refractivity (Wildman–Crippen MR) is 82.8 cm³/mol. The summed E-state index contributed by atoms with van der Waals surface area (Å²) in [4.78, 5) is 13.8. The van der Waals surface area contributed by atoms with Crippen LogP contribution in [0.2, 0.25) is 0 Å². The number of hydrogen-bond acceptors (Lipinski definition) is 3. The van der Waals surface area contributed by atoms with Gasteiger partial charge in [0.1, 0.15) is 0 Å². The van der Waals surface area contributed by atoms with Gasteiger partial charge in [0.25, 0.3) is 0 Å². The average molecular weight is 286 g/mol. The Hall–Kier alpha value is -1.78. The van der Waals surface area contributed by atoms with Crippen LogP contribution in [0, 0.1) is 0 Å². The summed E-state index contributed by atoms with van der Waals surface area (Å²) >= 11 is 1.73. The fourth-order valence-corrected chi connectivity index (χ4v) is 2.56. The van der Waals surface area contributed by atoms with E-state index in [4.69, 9.17) is 0 Å². The molecule has 0 radical (unpaired) electrons. The number of hydrogen-bond donors (Lipinski definition) is 2. The van der Waals surface area contributed by atoms with Crippen molar-refractivity contribution in [3.8, 4) is 0 Å². The van der Waals surface area contributed by atoms with Gasteiger partial charge in [0.05, 0.1) is 6.54 Å². The number of amides is 1. The molecule has 0 aliphatic carbocycles. The lowest BCUT2D eigenvalue weighted by atomic mass is 10.2. The SMILES string of the molecule is CNCC(=O)NCc1ccc(Sc2ccccc2)cc1. The Morgan fingerprint density at radius 3 is 2.30 bits per heavy atom. The zero-order chi connectivity index (χ0) is 14.2. The van der Waals surface area contributed by atoms with Crippen LogP contribution >= 0.6 is 11.8 Å². The molecule has 2 aromatic carbocycles. The second-order valence-corrected chi connectivity index (χ2v) is 5.51. The molecule has 0 saturated carbocycles. The zero-order valence-corrected chi connectivity index (χ0v) is 12.2. The molecule has 0 bridgehead atoms. The lowest BCUT2D eigenvalue weighted by Gasteiger charge is -2.06. The number of likely N-dealkylation sites (N-methyl/N-ethyl adjacent to an activating group) is 1. The van der Waals surface area contributed by atoms with E-state index in [1.54, 1.807) is 18.8 Å². The molecule has 3 nitrogen and oxygen atoms in total. The van der Waals surface area contributed by atoms with E-state index in [0.717, 1.165) is 5.56 Å². The third kappa shape index (κ3) is 4.72. The lowest BCUT2D eigenvalue weighted by Crippen LogP contribution is -2.31. The topological polar surface area (TPSA) is 41.1 Å². The summed E-state index contributed by atoms with van der Waals surface area (Å²) in [6, 6.07) is 18.5. The Bertz CT molecular complexity index is 540. The smallest absolute Gasteiger partial charge is 0.234 e. The van der Waals surface area contributed by atoms with Crippen LogP contribution in [0.4, 0.5) is 0 Å². The summed E-state index contributed by atoms with van der Waals surface area (Å²) in [6.45, 7) is 0.915. The fourth-order valence-electron chi connectivity index (χ4n) is 1.72. The Balaban J connectivity index is 1.88. The fraction of sp³-hybridized carbons (Fsp3) is 0.188. The number of carbonyl (C=O) groups excluding carboxylic acids is 1. The van der Waals surface area contributed by atoms with Crippen LogP contribution in [0.5, 0.6) is 0 Å². The van der Waals surface area contributed by atoms with Gasteiger partial charge in [-0.2, -0.15) is 0 Å². The molecule has 0 heterocycles. The Morgan fingerprint density at radius 2 is 1.65 bits per heavy atom. The van der Waals surface area contributed by atoms with E-state index < -0.39 is 0 Å². The maximum Gasteiger partial charge on any atom is 0.234 e. The maximum atomic E-state index is 11.3. The van der Waals surface area contributed by atoms with Crippen molar-refractivity contribution in [3.05, 3.63) is 60.2 Å². The molecule has 2 N–H and O–H groups in total. The van der Waals surface area contributed by atoms with Crippen molar-refractivity contribution in [2.75, 3.05) is 13.6 Å². The van der Waals surface area contributed by atoms with Crippen molar-refractivity contribution in [2.45, 2.75) is 16.3 Å². The highest BCUT2D eigenvalue weighted by atomic mass is 32.2. The van der Waals surface area contributed by atoms with Gasteiger partial charge in [-0.1, -0.05) is 42.1 Å². The van der Waals surface area contributed by atoms with Gasteiger partial charge in [-0.25, -0.2) is 0 Å².